The highest BCUT2D eigenvalue weighted by Gasteiger charge is 2.17. The van der Waals surface area contributed by atoms with Crippen LogP contribution in [0.15, 0.2) is 36.5 Å². The molecule has 1 aromatic carbocycles. The summed E-state index contributed by atoms with van der Waals surface area (Å²) in [5, 5.41) is 1.16. The number of likely N-dealkylation sites (tertiary alicyclic amines) is 1. The second-order valence-electron chi connectivity index (χ2n) is 8.12. The van der Waals surface area contributed by atoms with Gasteiger partial charge in [0.2, 0.25) is 0 Å². The summed E-state index contributed by atoms with van der Waals surface area (Å²) < 4.78 is 5.38. The predicted octanol–water partition coefficient (Wildman–Crippen LogP) is 6.33. The number of benzene rings is 1. The van der Waals surface area contributed by atoms with Gasteiger partial charge in [-0.2, -0.15) is 0 Å². The van der Waals surface area contributed by atoms with E-state index in [1.807, 2.05) is 18.3 Å². The van der Waals surface area contributed by atoms with Crippen molar-refractivity contribution in [3.8, 4) is 5.75 Å². The average Bonchev–Trinajstić information content (AvgIpc) is 2.74. The van der Waals surface area contributed by atoms with Gasteiger partial charge in [-0.1, -0.05) is 44.8 Å². The smallest absolute Gasteiger partial charge is 0.119 e. The molecule has 1 aromatic heterocycles. The van der Waals surface area contributed by atoms with E-state index in [9.17, 15) is 0 Å². The number of piperidine rings is 1. The summed E-state index contributed by atoms with van der Waals surface area (Å²) in [6, 6.07) is 8.18. The Kier molecular flexibility index (Phi) is 8.35. The van der Waals surface area contributed by atoms with Crippen molar-refractivity contribution in [1.29, 1.82) is 0 Å². The third-order valence-corrected chi connectivity index (χ3v) is 6.03. The van der Waals surface area contributed by atoms with Crippen molar-refractivity contribution in [3.05, 3.63) is 42.1 Å². The topological polar surface area (TPSA) is 25.4 Å². The molecule has 2 aromatic rings. The molecule has 1 fully saturated rings. The molecule has 0 spiro atoms. The van der Waals surface area contributed by atoms with E-state index in [2.05, 4.69) is 41.1 Å². The Morgan fingerprint density at radius 1 is 1.11 bits per heavy atom. The van der Waals surface area contributed by atoms with E-state index >= 15 is 0 Å². The molecule has 3 rings (SSSR count). The Hall–Kier alpha value is -1.87. The fourth-order valence-electron chi connectivity index (χ4n) is 4.19. The molecule has 0 aliphatic carbocycles. The summed E-state index contributed by atoms with van der Waals surface area (Å²) in [6.45, 7) is 6.15. The lowest BCUT2D eigenvalue weighted by molar-refractivity contribution is 0.182. The van der Waals surface area contributed by atoms with E-state index in [1.54, 1.807) is 7.11 Å². The molecular weight excluding hydrogens is 344 g/mol. The number of rotatable bonds is 10. The summed E-state index contributed by atoms with van der Waals surface area (Å²) in [7, 11) is 1.71. The van der Waals surface area contributed by atoms with Crippen LogP contribution >= 0.6 is 0 Å². The van der Waals surface area contributed by atoms with Gasteiger partial charge in [-0.25, -0.2) is 0 Å². The first-order valence-corrected chi connectivity index (χ1v) is 11.1. The molecule has 3 nitrogen and oxygen atoms in total. The largest absolute Gasteiger partial charge is 0.497 e. The number of fused-ring (bicyclic) bond motifs is 1. The van der Waals surface area contributed by atoms with Gasteiger partial charge in [-0.05, 0) is 81.1 Å². The van der Waals surface area contributed by atoms with Crippen molar-refractivity contribution in [3.63, 3.8) is 0 Å². The molecule has 0 saturated carbocycles. The molecule has 0 N–H and O–H groups in total. The predicted molar refractivity (Wildman–Crippen MR) is 120 cm³/mol. The standard InChI is InChI=1S/C25H36N2O/c1-3-4-5-6-7-17-27-18-14-21(15-19-27)9-8-10-22-13-16-26-25-12-11-23(28-2)20-24(22)25/h8,10-13,16,20-21H,3-7,9,14-15,17-19H2,1-2H3/b10-8+. The minimum atomic E-state index is 0.829. The zero-order valence-electron chi connectivity index (χ0n) is 17.7. The zero-order chi connectivity index (χ0) is 19.6. The molecule has 1 aliphatic heterocycles. The first-order valence-electron chi connectivity index (χ1n) is 11.1. The highest BCUT2D eigenvalue weighted by atomic mass is 16.5. The van der Waals surface area contributed by atoms with E-state index in [0.717, 1.165) is 22.6 Å². The highest BCUT2D eigenvalue weighted by Crippen LogP contribution is 2.25. The summed E-state index contributed by atoms with van der Waals surface area (Å²) in [5.41, 5.74) is 2.25. The number of allylic oxidation sites excluding steroid dienone is 1. The maximum atomic E-state index is 5.38. The quantitative estimate of drug-likeness (QED) is 0.450. The van der Waals surface area contributed by atoms with Gasteiger partial charge >= 0.3 is 0 Å². The van der Waals surface area contributed by atoms with Crippen LogP contribution in [0, 0.1) is 5.92 Å². The minimum Gasteiger partial charge on any atom is -0.497 e. The van der Waals surface area contributed by atoms with E-state index in [1.165, 1.54) is 76.6 Å². The van der Waals surface area contributed by atoms with Crippen molar-refractivity contribution < 1.29 is 4.74 Å². The molecule has 1 saturated heterocycles. The third kappa shape index (κ3) is 6.07. The molecular formula is C25H36N2O. The second-order valence-corrected chi connectivity index (χ2v) is 8.12. The molecule has 28 heavy (non-hydrogen) atoms. The number of nitrogens with zero attached hydrogens (tertiary/aromatic N) is 2. The van der Waals surface area contributed by atoms with Crippen LogP contribution in [0.5, 0.6) is 5.75 Å². The summed E-state index contributed by atoms with van der Waals surface area (Å²) in [4.78, 5) is 7.14. The summed E-state index contributed by atoms with van der Waals surface area (Å²) in [6.07, 6.45) is 17.3. The number of pyridine rings is 1. The first kappa shape index (κ1) is 20.9. The molecule has 1 aliphatic rings. The van der Waals surface area contributed by atoms with Gasteiger partial charge < -0.3 is 9.64 Å². The molecule has 3 heteroatoms. The van der Waals surface area contributed by atoms with Crippen LogP contribution < -0.4 is 4.74 Å². The lowest BCUT2D eigenvalue weighted by Crippen LogP contribution is -2.34. The van der Waals surface area contributed by atoms with Gasteiger partial charge in [0.15, 0.2) is 0 Å². The second kappa shape index (κ2) is 11.2. The maximum Gasteiger partial charge on any atom is 0.119 e. The van der Waals surface area contributed by atoms with Crippen LogP contribution in [0.2, 0.25) is 0 Å². The zero-order valence-corrected chi connectivity index (χ0v) is 17.7. The Morgan fingerprint density at radius 3 is 2.71 bits per heavy atom. The average molecular weight is 381 g/mol. The normalized spacial score (nSPS) is 16.2. The molecule has 152 valence electrons. The van der Waals surface area contributed by atoms with Crippen LogP contribution in [0.25, 0.3) is 17.0 Å². The van der Waals surface area contributed by atoms with Crippen LogP contribution in [-0.4, -0.2) is 36.6 Å². The lowest BCUT2D eigenvalue weighted by Gasteiger charge is -2.31. The number of aromatic nitrogens is 1. The molecule has 0 radical (unpaired) electrons. The lowest BCUT2D eigenvalue weighted by atomic mass is 9.93. The number of ether oxygens (including phenoxy) is 1. The number of unbranched alkanes of at least 4 members (excludes halogenated alkanes) is 4. The van der Waals surface area contributed by atoms with Crippen LogP contribution in [0.4, 0.5) is 0 Å². The van der Waals surface area contributed by atoms with Gasteiger partial charge in [0, 0.05) is 11.6 Å². The summed E-state index contributed by atoms with van der Waals surface area (Å²) in [5.74, 6) is 1.72. The minimum absolute atomic E-state index is 0.829. The van der Waals surface area contributed by atoms with Crippen molar-refractivity contribution in [1.82, 2.24) is 9.88 Å². The van der Waals surface area contributed by atoms with Crippen molar-refractivity contribution >= 4 is 17.0 Å². The van der Waals surface area contributed by atoms with Crippen molar-refractivity contribution in [2.75, 3.05) is 26.7 Å². The monoisotopic (exact) mass is 380 g/mol. The SMILES string of the molecule is CCCCCCCN1CCC(C/C=C/c2ccnc3ccc(OC)cc23)CC1. The van der Waals surface area contributed by atoms with Crippen LogP contribution in [0.3, 0.4) is 0 Å². The third-order valence-electron chi connectivity index (χ3n) is 6.03. The van der Waals surface area contributed by atoms with Crippen molar-refractivity contribution in [2.24, 2.45) is 5.92 Å². The Labute approximate surface area is 170 Å². The van der Waals surface area contributed by atoms with Gasteiger partial charge in [0.1, 0.15) is 5.75 Å². The van der Waals surface area contributed by atoms with E-state index in [-0.39, 0.29) is 0 Å². The number of hydrogen-bond acceptors (Lipinski definition) is 3. The molecule has 0 unspecified atom stereocenters. The maximum absolute atomic E-state index is 5.38. The van der Waals surface area contributed by atoms with Gasteiger partial charge in [0.25, 0.3) is 0 Å². The highest BCUT2D eigenvalue weighted by molar-refractivity contribution is 5.88. The summed E-state index contributed by atoms with van der Waals surface area (Å²) >= 11 is 0. The fraction of sp³-hybridized carbons (Fsp3) is 0.560. The molecule has 0 bridgehead atoms. The Bertz CT molecular complexity index is 747. The number of methoxy groups -OCH3 is 1. The Balaban J connectivity index is 1.45. The van der Waals surface area contributed by atoms with Gasteiger partial charge in [0.05, 0.1) is 12.6 Å². The molecule has 0 amide bonds. The van der Waals surface area contributed by atoms with E-state index < -0.39 is 0 Å². The molecule has 0 atom stereocenters. The van der Waals surface area contributed by atoms with Crippen LogP contribution in [0.1, 0.15) is 63.9 Å². The van der Waals surface area contributed by atoms with Gasteiger partial charge in [-0.3, -0.25) is 4.98 Å². The van der Waals surface area contributed by atoms with E-state index in [4.69, 9.17) is 4.74 Å². The first-order chi connectivity index (χ1) is 13.8. The van der Waals surface area contributed by atoms with E-state index in [0.29, 0.717) is 0 Å². The van der Waals surface area contributed by atoms with Gasteiger partial charge in [-0.15, -0.1) is 0 Å². The van der Waals surface area contributed by atoms with Crippen LogP contribution in [-0.2, 0) is 0 Å². The Morgan fingerprint density at radius 2 is 1.93 bits per heavy atom. The fourth-order valence-corrected chi connectivity index (χ4v) is 4.19. The van der Waals surface area contributed by atoms with Crippen molar-refractivity contribution in [2.45, 2.75) is 58.3 Å². The number of hydrogen-bond donors (Lipinski definition) is 0. The molecule has 2 heterocycles.